The number of likely N-dealkylation sites (tertiary alicyclic amines) is 1. The Hall–Kier alpha value is -4.18. The molecule has 16 heteroatoms. The number of rotatable bonds is 13. The highest BCUT2D eigenvalue weighted by Crippen LogP contribution is 2.47. The fourth-order valence-electron chi connectivity index (χ4n) is 6.50. The van der Waals surface area contributed by atoms with Gasteiger partial charge in [0.15, 0.2) is 0 Å². The summed E-state index contributed by atoms with van der Waals surface area (Å²) >= 11 is 0. The van der Waals surface area contributed by atoms with E-state index in [2.05, 4.69) is 15.6 Å². The van der Waals surface area contributed by atoms with Crippen molar-refractivity contribution in [1.29, 1.82) is 0 Å². The third-order valence-corrected chi connectivity index (χ3v) is 11.0. The van der Waals surface area contributed by atoms with Crippen LogP contribution in [0.15, 0.2) is 30.5 Å². The second-order valence-corrected chi connectivity index (χ2v) is 18.2. The Labute approximate surface area is 311 Å². The standard InChI is InChI=1S/C37H53N5O10S/c1-10-23-19-37(23,32(45)41-53(47,48)52-36(8)14-15-36)40-29(43)27-18-25(51-30-26-12-11-24(49-9)17-22(26)13-16-38-30)20-42(27)31(44)28(35(5,6)7)39-33(46)50-21-34(2,3)4/h11-13,16-17,23,25,27-28H,10,14-15,18-21H2,1-9H3,(H,39,46)(H,40,43)(H,41,45)/t23?,25-,27?,28?,37-/m1/s1. The van der Waals surface area contributed by atoms with Gasteiger partial charge in [-0.2, -0.15) is 8.42 Å². The molecule has 1 saturated heterocycles. The number of hydrogen-bond acceptors (Lipinski definition) is 11. The van der Waals surface area contributed by atoms with Crippen LogP contribution in [0, 0.1) is 16.7 Å². The van der Waals surface area contributed by atoms with Gasteiger partial charge >= 0.3 is 16.4 Å². The summed E-state index contributed by atoms with van der Waals surface area (Å²) in [7, 11) is -2.88. The number of ether oxygens (including phenoxy) is 3. The van der Waals surface area contributed by atoms with Crippen LogP contribution in [-0.2, 0) is 33.6 Å². The highest BCUT2D eigenvalue weighted by Gasteiger charge is 2.62. The predicted octanol–water partition coefficient (Wildman–Crippen LogP) is 3.99. The summed E-state index contributed by atoms with van der Waals surface area (Å²) in [6.07, 6.45) is 1.87. The molecule has 3 unspecified atom stereocenters. The lowest BCUT2D eigenvalue weighted by Crippen LogP contribution is -2.60. The van der Waals surface area contributed by atoms with Crippen LogP contribution in [-0.4, -0.2) is 91.7 Å². The lowest BCUT2D eigenvalue weighted by atomic mass is 9.85. The maximum absolute atomic E-state index is 14.5. The lowest BCUT2D eigenvalue weighted by Gasteiger charge is -2.35. The number of carbonyl (C=O) groups excluding carboxylic acids is 4. The van der Waals surface area contributed by atoms with Gasteiger partial charge in [-0.05, 0) is 72.6 Å². The van der Waals surface area contributed by atoms with Crippen LogP contribution in [0.3, 0.4) is 0 Å². The normalized spacial score (nSPS) is 24.2. The average molecular weight is 760 g/mol. The van der Waals surface area contributed by atoms with Crippen molar-refractivity contribution in [3.05, 3.63) is 30.5 Å². The van der Waals surface area contributed by atoms with E-state index in [1.54, 1.807) is 47.1 Å². The smallest absolute Gasteiger partial charge is 0.407 e. The highest BCUT2D eigenvalue weighted by molar-refractivity contribution is 7.85. The molecule has 1 aromatic carbocycles. The van der Waals surface area contributed by atoms with Crippen molar-refractivity contribution in [2.75, 3.05) is 20.3 Å². The van der Waals surface area contributed by atoms with E-state index in [4.69, 9.17) is 18.4 Å². The average Bonchev–Trinajstić information content (AvgIpc) is 3.93. The second kappa shape index (κ2) is 14.6. The Morgan fingerprint density at radius 3 is 2.36 bits per heavy atom. The third-order valence-electron chi connectivity index (χ3n) is 9.91. The first kappa shape index (κ1) is 40.0. The molecule has 53 heavy (non-hydrogen) atoms. The molecule has 0 spiro atoms. The van der Waals surface area contributed by atoms with Crippen molar-refractivity contribution in [2.24, 2.45) is 16.7 Å². The molecule has 3 N–H and O–H groups in total. The number of carbonyl (C=O) groups is 4. The van der Waals surface area contributed by atoms with Crippen molar-refractivity contribution in [3.63, 3.8) is 0 Å². The van der Waals surface area contributed by atoms with Gasteiger partial charge in [-0.1, -0.05) is 54.9 Å². The minimum atomic E-state index is -4.45. The van der Waals surface area contributed by atoms with Gasteiger partial charge in [0.05, 0.1) is 25.9 Å². The van der Waals surface area contributed by atoms with Crippen LogP contribution >= 0.6 is 0 Å². The number of benzene rings is 1. The number of amides is 4. The Balaban J connectivity index is 1.42. The van der Waals surface area contributed by atoms with Crippen molar-refractivity contribution >= 4 is 44.9 Å². The first-order valence-electron chi connectivity index (χ1n) is 18.0. The number of fused-ring (bicyclic) bond motifs is 1. The van der Waals surface area contributed by atoms with E-state index in [-0.39, 0.29) is 37.3 Å². The number of nitrogens with one attached hydrogen (secondary N) is 3. The van der Waals surface area contributed by atoms with Crippen LogP contribution in [0.1, 0.15) is 87.5 Å². The number of pyridine rings is 1. The maximum atomic E-state index is 14.5. The van der Waals surface area contributed by atoms with E-state index in [0.29, 0.717) is 36.3 Å². The molecule has 15 nitrogen and oxygen atoms in total. The molecule has 0 radical (unpaired) electrons. The first-order valence-corrected chi connectivity index (χ1v) is 19.4. The van der Waals surface area contributed by atoms with E-state index in [0.717, 1.165) is 5.39 Å². The molecule has 4 amide bonds. The molecule has 0 bridgehead atoms. The first-order chi connectivity index (χ1) is 24.6. The fourth-order valence-corrected chi connectivity index (χ4v) is 7.65. The summed E-state index contributed by atoms with van der Waals surface area (Å²) in [6.45, 7) is 14.6. The molecule has 5 rings (SSSR count). The van der Waals surface area contributed by atoms with Gasteiger partial charge in [0.1, 0.15) is 29.5 Å². The molecule has 1 aromatic heterocycles. The van der Waals surface area contributed by atoms with Crippen molar-refractivity contribution in [1.82, 2.24) is 25.2 Å². The van der Waals surface area contributed by atoms with Crippen molar-refractivity contribution in [2.45, 2.75) is 117 Å². The van der Waals surface area contributed by atoms with Crippen LogP contribution in [0.4, 0.5) is 4.79 Å². The van der Waals surface area contributed by atoms with Crippen LogP contribution in [0.25, 0.3) is 10.8 Å². The molecule has 292 valence electrons. The SMILES string of the molecule is CCC1C[C@]1(NC(=O)C1C[C@@H](Oc2nccc3cc(OC)ccc23)CN1C(=O)C(NC(=O)OCC(C)(C)C)C(C)(C)C)C(=O)NS(=O)(=O)OC1(C)CC1. The minimum absolute atomic E-state index is 0.0192. The molecule has 3 aliphatic rings. The molecule has 2 saturated carbocycles. The van der Waals surface area contributed by atoms with E-state index >= 15 is 0 Å². The fraction of sp³-hybridized carbons (Fsp3) is 0.649. The number of aromatic nitrogens is 1. The molecule has 1 aliphatic heterocycles. The molecule has 2 heterocycles. The zero-order valence-corrected chi connectivity index (χ0v) is 32.8. The number of alkyl carbamates (subject to hydrolysis) is 1. The molecule has 3 fully saturated rings. The zero-order chi connectivity index (χ0) is 39.1. The monoisotopic (exact) mass is 759 g/mol. The number of nitrogens with zero attached hydrogens (tertiary/aromatic N) is 2. The van der Waals surface area contributed by atoms with E-state index in [1.165, 1.54) is 4.90 Å². The Kier molecular flexibility index (Phi) is 11.0. The van der Waals surface area contributed by atoms with E-state index < -0.39 is 68.9 Å². The summed E-state index contributed by atoms with van der Waals surface area (Å²) in [5.41, 5.74) is -3.52. The van der Waals surface area contributed by atoms with Gasteiger partial charge < -0.3 is 29.7 Å². The molecule has 5 atom stereocenters. The van der Waals surface area contributed by atoms with Gasteiger partial charge in [-0.25, -0.2) is 18.7 Å². The Bertz CT molecular complexity index is 1850. The van der Waals surface area contributed by atoms with E-state index in [9.17, 15) is 27.6 Å². The molecular weight excluding hydrogens is 706 g/mol. The van der Waals surface area contributed by atoms with Gasteiger partial charge in [0, 0.05) is 18.0 Å². The largest absolute Gasteiger partial charge is 0.497 e. The van der Waals surface area contributed by atoms with Gasteiger partial charge in [-0.3, -0.25) is 14.4 Å². The summed E-state index contributed by atoms with van der Waals surface area (Å²) in [5.74, 6) is -1.54. The summed E-state index contributed by atoms with van der Waals surface area (Å²) in [6, 6.07) is 4.97. The van der Waals surface area contributed by atoms with Crippen molar-refractivity contribution in [3.8, 4) is 11.6 Å². The van der Waals surface area contributed by atoms with Gasteiger partial charge in [-0.15, -0.1) is 0 Å². The summed E-state index contributed by atoms with van der Waals surface area (Å²) in [5, 5.41) is 7.03. The highest BCUT2D eigenvalue weighted by atomic mass is 32.2. The maximum Gasteiger partial charge on any atom is 0.407 e. The number of hydrogen-bond donors (Lipinski definition) is 3. The molecular formula is C37H53N5O10S. The van der Waals surface area contributed by atoms with Gasteiger partial charge in [0.25, 0.3) is 5.91 Å². The van der Waals surface area contributed by atoms with E-state index in [1.807, 2.05) is 50.6 Å². The Morgan fingerprint density at radius 1 is 1.08 bits per heavy atom. The quantitative estimate of drug-likeness (QED) is 0.268. The lowest BCUT2D eigenvalue weighted by molar-refractivity contribution is -0.143. The minimum Gasteiger partial charge on any atom is -0.497 e. The van der Waals surface area contributed by atoms with Crippen LogP contribution < -0.4 is 24.8 Å². The number of methoxy groups -OCH3 is 1. The summed E-state index contributed by atoms with van der Waals surface area (Å²) in [4.78, 5) is 61.1. The van der Waals surface area contributed by atoms with Crippen LogP contribution in [0.2, 0.25) is 0 Å². The zero-order valence-electron chi connectivity index (χ0n) is 32.0. The predicted molar refractivity (Wildman–Crippen MR) is 195 cm³/mol. The molecule has 2 aromatic rings. The van der Waals surface area contributed by atoms with Gasteiger partial charge in [0.2, 0.25) is 17.7 Å². The third kappa shape index (κ3) is 9.50. The summed E-state index contributed by atoms with van der Waals surface area (Å²) < 4.78 is 49.9. The second-order valence-electron chi connectivity index (χ2n) is 17.0. The van der Waals surface area contributed by atoms with Crippen molar-refractivity contribution < 1.29 is 46.0 Å². The Morgan fingerprint density at radius 2 is 1.77 bits per heavy atom. The molecule has 2 aliphatic carbocycles. The topological polar surface area (TPSA) is 192 Å². The van der Waals surface area contributed by atoms with Crippen LogP contribution in [0.5, 0.6) is 11.6 Å².